The molecule has 2 aromatic carbocycles. The summed E-state index contributed by atoms with van der Waals surface area (Å²) in [6.45, 7) is 4.01. The number of carbonyl (C=O) groups excluding carboxylic acids is 2. The number of aliphatic carboxylic acids is 1. The largest absolute Gasteiger partial charge is 0.550 e. The number of nitro benzene ring substituents is 1. The van der Waals surface area contributed by atoms with E-state index in [1.165, 1.54) is 25.1 Å². The maximum absolute atomic E-state index is 12.6. The molecule has 0 aliphatic heterocycles. The minimum atomic E-state index is -1.33. The molecule has 2 rings (SSSR count). The number of benzene rings is 2. The van der Waals surface area contributed by atoms with E-state index in [1.54, 1.807) is 24.3 Å². The summed E-state index contributed by atoms with van der Waals surface area (Å²) in [5.74, 6) is -1.29. The van der Waals surface area contributed by atoms with E-state index in [4.69, 9.17) is 4.74 Å². The number of rotatable bonds is 9. The molecule has 1 N–H and O–H groups in total. The van der Waals surface area contributed by atoms with Crippen LogP contribution in [0.1, 0.15) is 47.3 Å². The number of hydrogen-bond donors (Lipinski definition) is 1. The van der Waals surface area contributed by atoms with E-state index in [0.29, 0.717) is 17.9 Å². The van der Waals surface area contributed by atoms with E-state index in [9.17, 15) is 24.8 Å². The lowest BCUT2D eigenvalue weighted by Gasteiger charge is -2.20. The Labute approximate surface area is 162 Å². The molecular formula is C20H21N2O6-. The molecule has 0 fully saturated rings. The fourth-order valence-corrected chi connectivity index (χ4v) is 2.74. The highest BCUT2D eigenvalue weighted by Crippen LogP contribution is 2.24. The van der Waals surface area contributed by atoms with Crippen LogP contribution < -0.4 is 15.2 Å². The molecule has 0 aliphatic carbocycles. The first kappa shape index (κ1) is 20.9. The topological polar surface area (TPSA) is 122 Å². The highest BCUT2D eigenvalue weighted by molar-refractivity contribution is 5.97. The predicted molar refractivity (Wildman–Crippen MR) is 99.9 cm³/mol. The molecule has 0 saturated carbocycles. The van der Waals surface area contributed by atoms with Gasteiger partial charge in [0.15, 0.2) is 0 Å². The number of nitro groups is 1. The molecule has 0 saturated heterocycles. The third kappa shape index (κ3) is 5.29. The predicted octanol–water partition coefficient (Wildman–Crippen LogP) is 2.30. The molecule has 0 spiro atoms. The summed E-state index contributed by atoms with van der Waals surface area (Å²) in [5, 5.41) is 24.8. The molecule has 1 atom stereocenters. The van der Waals surface area contributed by atoms with Gasteiger partial charge in [-0.25, -0.2) is 0 Å². The number of hydrogen-bond acceptors (Lipinski definition) is 6. The summed E-state index contributed by atoms with van der Waals surface area (Å²) in [6, 6.07) is 10.0. The third-order valence-corrected chi connectivity index (χ3v) is 4.18. The average Bonchev–Trinajstić information content (AvgIpc) is 2.65. The first-order chi connectivity index (χ1) is 13.3. The summed E-state index contributed by atoms with van der Waals surface area (Å²) in [5.41, 5.74) is 0.701. The molecule has 0 heterocycles. The van der Waals surface area contributed by atoms with Crippen LogP contribution in [0.5, 0.6) is 5.75 Å². The van der Waals surface area contributed by atoms with E-state index in [1.807, 2.05) is 6.92 Å². The molecule has 0 aromatic heterocycles. The Morgan fingerprint density at radius 3 is 2.43 bits per heavy atom. The van der Waals surface area contributed by atoms with Crippen LogP contribution in [0, 0.1) is 17.0 Å². The second-order valence-corrected chi connectivity index (χ2v) is 6.23. The van der Waals surface area contributed by atoms with Gasteiger partial charge in [-0.05, 0) is 37.1 Å². The van der Waals surface area contributed by atoms with Crippen LogP contribution in [-0.4, -0.2) is 23.4 Å². The van der Waals surface area contributed by atoms with Crippen molar-refractivity contribution in [3.05, 3.63) is 69.3 Å². The monoisotopic (exact) mass is 385 g/mol. The van der Waals surface area contributed by atoms with Crippen LogP contribution in [0.3, 0.4) is 0 Å². The average molecular weight is 385 g/mol. The molecule has 8 heteroatoms. The lowest BCUT2D eigenvalue weighted by Crippen LogP contribution is -2.34. The van der Waals surface area contributed by atoms with Crippen molar-refractivity contribution in [2.45, 2.75) is 32.7 Å². The zero-order chi connectivity index (χ0) is 20.7. The van der Waals surface area contributed by atoms with Crippen molar-refractivity contribution in [2.75, 3.05) is 6.61 Å². The number of ether oxygens (including phenoxy) is 1. The zero-order valence-electron chi connectivity index (χ0n) is 15.6. The van der Waals surface area contributed by atoms with Gasteiger partial charge >= 0.3 is 0 Å². The van der Waals surface area contributed by atoms with E-state index >= 15 is 0 Å². The molecule has 0 unspecified atom stereocenters. The van der Waals surface area contributed by atoms with Crippen LogP contribution >= 0.6 is 0 Å². The van der Waals surface area contributed by atoms with Crippen LogP contribution in [0.15, 0.2) is 42.5 Å². The number of carboxylic acids is 1. The van der Waals surface area contributed by atoms with Crippen LogP contribution in [-0.2, 0) is 4.79 Å². The van der Waals surface area contributed by atoms with Gasteiger partial charge in [-0.2, -0.15) is 0 Å². The maximum atomic E-state index is 12.6. The fraction of sp³-hybridized carbons (Fsp3) is 0.300. The standard InChI is InChI=1S/C20H22N2O6/c1-3-11-28-15-9-7-14(8-10-15)17(12-19(23)24)21-20(25)16-5-4-6-18(13(16)2)22(26)27/h4-10,17H,3,11-12H2,1-2H3,(H,21,25)(H,23,24)/p-1/t17-/m1/s1. The molecule has 0 bridgehead atoms. The number of nitrogens with one attached hydrogen (secondary N) is 1. The minimum Gasteiger partial charge on any atom is -0.550 e. The molecule has 148 valence electrons. The molecule has 0 aliphatic rings. The highest BCUT2D eigenvalue weighted by Gasteiger charge is 2.21. The third-order valence-electron chi connectivity index (χ3n) is 4.18. The minimum absolute atomic E-state index is 0.112. The normalized spacial score (nSPS) is 11.5. The number of carbonyl (C=O) groups is 2. The van der Waals surface area contributed by atoms with Gasteiger partial charge in [0.1, 0.15) is 5.75 Å². The summed E-state index contributed by atoms with van der Waals surface area (Å²) in [7, 11) is 0. The Hall–Kier alpha value is -3.42. The molecule has 28 heavy (non-hydrogen) atoms. The van der Waals surface area contributed by atoms with Gasteiger partial charge in [-0.1, -0.05) is 25.1 Å². The van der Waals surface area contributed by atoms with Gasteiger partial charge in [0.2, 0.25) is 0 Å². The Morgan fingerprint density at radius 1 is 1.18 bits per heavy atom. The molecule has 0 radical (unpaired) electrons. The summed E-state index contributed by atoms with van der Waals surface area (Å²) in [4.78, 5) is 34.3. The number of amides is 1. The second-order valence-electron chi connectivity index (χ2n) is 6.23. The Balaban J connectivity index is 2.25. The van der Waals surface area contributed by atoms with Crippen molar-refractivity contribution in [2.24, 2.45) is 0 Å². The summed E-state index contributed by atoms with van der Waals surface area (Å²) in [6.07, 6.45) is 0.419. The lowest BCUT2D eigenvalue weighted by atomic mass is 10.0. The Morgan fingerprint density at radius 2 is 1.86 bits per heavy atom. The van der Waals surface area contributed by atoms with Gasteiger partial charge in [-0.15, -0.1) is 0 Å². The van der Waals surface area contributed by atoms with E-state index in [2.05, 4.69) is 5.32 Å². The van der Waals surface area contributed by atoms with Crippen molar-refractivity contribution >= 4 is 17.6 Å². The van der Waals surface area contributed by atoms with E-state index < -0.39 is 29.3 Å². The van der Waals surface area contributed by atoms with Crippen molar-refractivity contribution < 1.29 is 24.4 Å². The first-order valence-corrected chi connectivity index (χ1v) is 8.81. The summed E-state index contributed by atoms with van der Waals surface area (Å²) < 4.78 is 5.49. The molecule has 1 amide bonds. The van der Waals surface area contributed by atoms with E-state index in [-0.39, 0.29) is 16.8 Å². The first-order valence-electron chi connectivity index (χ1n) is 8.81. The van der Waals surface area contributed by atoms with Crippen molar-refractivity contribution in [3.8, 4) is 5.75 Å². The molecule has 8 nitrogen and oxygen atoms in total. The summed E-state index contributed by atoms with van der Waals surface area (Å²) >= 11 is 0. The van der Waals surface area contributed by atoms with Gasteiger partial charge in [0, 0.05) is 29.6 Å². The van der Waals surface area contributed by atoms with E-state index in [0.717, 1.165) is 6.42 Å². The quantitative estimate of drug-likeness (QED) is 0.522. The van der Waals surface area contributed by atoms with Gasteiger partial charge in [0.05, 0.1) is 17.6 Å². The SMILES string of the molecule is CCCOc1ccc([C@@H](CC(=O)[O-])NC(=O)c2cccc([N+](=O)[O-])c2C)cc1. The fourth-order valence-electron chi connectivity index (χ4n) is 2.74. The van der Waals surface area contributed by atoms with Gasteiger partial charge in [-0.3, -0.25) is 14.9 Å². The van der Waals surface area contributed by atoms with Crippen LogP contribution in [0.4, 0.5) is 5.69 Å². The smallest absolute Gasteiger partial charge is 0.273 e. The lowest BCUT2D eigenvalue weighted by molar-refractivity contribution is -0.385. The van der Waals surface area contributed by atoms with Gasteiger partial charge < -0.3 is 20.0 Å². The Bertz CT molecular complexity index is 863. The molecule has 2 aromatic rings. The zero-order valence-corrected chi connectivity index (χ0v) is 15.6. The maximum Gasteiger partial charge on any atom is 0.273 e. The number of carboxylic acid groups (broad SMARTS) is 1. The van der Waals surface area contributed by atoms with Crippen molar-refractivity contribution in [1.29, 1.82) is 0 Å². The highest BCUT2D eigenvalue weighted by atomic mass is 16.6. The van der Waals surface area contributed by atoms with Crippen LogP contribution in [0.25, 0.3) is 0 Å². The number of nitrogens with zero attached hydrogens (tertiary/aromatic N) is 1. The Kier molecular flexibility index (Phi) is 7.08. The van der Waals surface area contributed by atoms with Gasteiger partial charge in [0.25, 0.3) is 11.6 Å². The van der Waals surface area contributed by atoms with Crippen molar-refractivity contribution in [3.63, 3.8) is 0 Å². The second kappa shape index (κ2) is 9.50. The van der Waals surface area contributed by atoms with Crippen molar-refractivity contribution in [1.82, 2.24) is 5.32 Å². The van der Waals surface area contributed by atoms with Crippen LogP contribution in [0.2, 0.25) is 0 Å². The molecular weight excluding hydrogens is 364 g/mol.